The van der Waals surface area contributed by atoms with E-state index in [0.717, 1.165) is 0 Å². The van der Waals surface area contributed by atoms with Gasteiger partial charge in [0.25, 0.3) is 5.91 Å². The zero-order valence-electron chi connectivity index (χ0n) is 11.4. The number of phenolic OH excluding ortho intramolecular Hbond substituents is 2. The molecule has 0 fully saturated rings. The average molecular weight is 302 g/mol. The SMILES string of the molecule is O=C(NC(Cc1ccc(O)c(O)c1)C(=O)O)c1cccnc1. The molecule has 7 heteroatoms. The fourth-order valence-electron chi connectivity index (χ4n) is 1.87. The number of benzene rings is 1. The van der Waals surface area contributed by atoms with Crippen molar-refractivity contribution < 1.29 is 24.9 Å². The van der Waals surface area contributed by atoms with Gasteiger partial charge in [-0.1, -0.05) is 6.07 Å². The lowest BCUT2D eigenvalue weighted by Gasteiger charge is -2.15. The summed E-state index contributed by atoms with van der Waals surface area (Å²) < 4.78 is 0. The molecule has 0 spiro atoms. The second kappa shape index (κ2) is 6.57. The van der Waals surface area contributed by atoms with Gasteiger partial charge in [-0.15, -0.1) is 0 Å². The van der Waals surface area contributed by atoms with E-state index in [4.69, 9.17) is 0 Å². The van der Waals surface area contributed by atoms with E-state index in [2.05, 4.69) is 10.3 Å². The third-order valence-corrected chi connectivity index (χ3v) is 3.01. The first-order chi connectivity index (χ1) is 10.5. The Bertz CT molecular complexity index is 688. The lowest BCUT2D eigenvalue weighted by atomic mass is 10.0. The van der Waals surface area contributed by atoms with Crippen LogP contribution in [0.15, 0.2) is 42.7 Å². The fourth-order valence-corrected chi connectivity index (χ4v) is 1.87. The molecule has 22 heavy (non-hydrogen) atoms. The number of nitrogens with one attached hydrogen (secondary N) is 1. The number of phenols is 2. The zero-order chi connectivity index (χ0) is 16.1. The molecule has 1 heterocycles. The van der Waals surface area contributed by atoms with Gasteiger partial charge in [-0.3, -0.25) is 9.78 Å². The van der Waals surface area contributed by atoms with Crippen LogP contribution in [0.2, 0.25) is 0 Å². The van der Waals surface area contributed by atoms with Crippen LogP contribution in [0, 0.1) is 0 Å². The summed E-state index contributed by atoms with van der Waals surface area (Å²) in [5.41, 5.74) is 0.719. The molecule has 1 unspecified atom stereocenters. The van der Waals surface area contributed by atoms with Crippen molar-refractivity contribution in [1.29, 1.82) is 0 Å². The Morgan fingerprint density at radius 3 is 2.55 bits per heavy atom. The maximum absolute atomic E-state index is 12.0. The summed E-state index contributed by atoms with van der Waals surface area (Å²) in [7, 11) is 0. The third-order valence-electron chi connectivity index (χ3n) is 3.01. The molecule has 0 radical (unpaired) electrons. The van der Waals surface area contributed by atoms with Crippen LogP contribution in [0.1, 0.15) is 15.9 Å². The highest BCUT2D eigenvalue weighted by Crippen LogP contribution is 2.25. The lowest BCUT2D eigenvalue weighted by molar-refractivity contribution is -0.139. The van der Waals surface area contributed by atoms with Crippen LogP contribution in [0.25, 0.3) is 0 Å². The number of aliphatic carboxylic acids is 1. The highest BCUT2D eigenvalue weighted by Gasteiger charge is 2.21. The number of hydrogen-bond donors (Lipinski definition) is 4. The van der Waals surface area contributed by atoms with Crippen molar-refractivity contribution in [3.05, 3.63) is 53.9 Å². The molecular formula is C15H14N2O5. The minimum absolute atomic E-state index is 0.0326. The number of amides is 1. The van der Waals surface area contributed by atoms with Crippen molar-refractivity contribution in [2.75, 3.05) is 0 Å². The molecule has 0 aliphatic heterocycles. The molecule has 7 nitrogen and oxygen atoms in total. The molecule has 1 aromatic heterocycles. The van der Waals surface area contributed by atoms with Crippen LogP contribution in [0.4, 0.5) is 0 Å². The van der Waals surface area contributed by atoms with Crippen molar-refractivity contribution in [1.82, 2.24) is 10.3 Å². The van der Waals surface area contributed by atoms with E-state index in [9.17, 15) is 24.9 Å². The number of carboxylic acid groups (broad SMARTS) is 1. The number of nitrogens with zero attached hydrogens (tertiary/aromatic N) is 1. The Labute approximate surface area is 125 Å². The number of aromatic hydroxyl groups is 2. The van der Waals surface area contributed by atoms with Gasteiger partial charge < -0.3 is 20.6 Å². The molecule has 1 amide bonds. The highest BCUT2D eigenvalue weighted by molar-refractivity contribution is 5.96. The normalized spacial score (nSPS) is 11.6. The van der Waals surface area contributed by atoms with Crippen molar-refractivity contribution in [2.45, 2.75) is 12.5 Å². The Morgan fingerprint density at radius 1 is 1.18 bits per heavy atom. The first-order valence-corrected chi connectivity index (χ1v) is 6.42. The van der Waals surface area contributed by atoms with Crippen molar-refractivity contribution >= 4 is 11.9 Å². The van der Waals surface area contributed by atoms with Gasteiger partial charge in [0.1, 0.15) is 6.04 Å². The summed E-state index contributed by atoms with van der Waals surface area (Å²) in [6.45, 7) is 0. The van der Waals surface area contributed by atoms with E-state index in [0.29, 0.717) is 5.56 Å². The van der Waals surface area contributed by atoms with Crippen LogP contribution in [-0.2, 0) is 11.2 Å². The predicted molar refractivity (Wildman–Crippen MR) is 76.6 cm³/mol. The number of carbonyl (C=O) groups is 2. The zero-order valence-corrected chi connectivity index (χ0v) is 11.4. The molecule has 0 bridgehead atoms. The van der Waals surface area contributed by atoms with Crippen LogP contribution in [-0.4, -0.2) is 38.2 Å². The van der Waals surface area contributed by atoms with Crippen LogP contribution in [0.5, 0.6) is 11.5 Å². The molecular weight excluding hydrogens is 288 g/mol. The minimum atomic E-state index is -1.20. The average Bonchev–Trinajstić information content (AvgIpc) is 2.51. The maximum atomic E-state index is 12.0. The second-order valence-corrected chi connectivity index (χ2v) is 4.63. The topological polar surface area (TPSA) is 120 Å². The van der Waals surface area contributed by atoms with Gasteiger partial charge in [-0.2, -0.15) is 0 Å². The van der Waals surface area contributed by atoms with Gasteiger partial charge >= 0.3 is 5.97 Å². The number of carbonyl (C=O) groups excluding carboxylic acids is 1. The predicted octanol–water partition coefficient (Wildman–Crippen LogP) is 0.918. The third kappa shape index (κ3) is 3.72. The molecule has 1 aromatic carbocycles. The molecule has 1 atom stereocenters. The highest BCUT2D eigenvalue weighted by atomic mass is 16.4. The first-order valence-electron chi connectivity index (χ1n) is 6.42. The second-order valence-electron chi connectivity index (χ2n) is 4.63. The van der Waals surface area contributed by atoms with E-state index in [1.54, 1.807) is 6.07 Å². The standard InChI is InChI=1S/C15H14N2O5/c18-12-4-3-9(7-13(12)19)6-11(15(21)22)17-14(20)10-2-1-5-16-8-10/h1-5,7-8,11,18-19H,6H2,(H,17,20)(H,21,22). The van der Waals surface area contributed by atoms with Crippen molar-refractivity contribution in [3.8, 4) is 11.5 Å². The number of hydrogen-bond acceptors (Lipinski definition) is 5. The largest absolute Gasteiger partial charge is 0.504 e. The van der Waals surface area contributed by atoms with E-state index in [-0.39, 0.29) is 23.5 Å². The van der Waals surface area contributed by atoms with E-state index >= 15 is 0 Å². The molecule has 0 aliphatic carbocycles. The van der Waals surface area contributed by atoms with Crippen LogP contribution >= 0.6 is 0 Å². The summed E-state index contributed by atoms with van der Waals surface area (Å²) in [5.74, 6) is -2.40. The summed E-state index contributed by atoms with van der Waals surface area (Å²) in [6.07, 6.45) is 2.81. The Hall–Kier alpha value is -3.09. The first kappa shape index (κ1) is 15.3. The molecule has 2 rings (SSSR count). The van der Waals surface area contributed by atoms with Crippen LogP contribution < -0.4 is 5.32 Å². The van der Waals surface area contributed by atoms with Gasteiger partial charge in [0, 0.05) is 18.8 Å². The molecule has 114 valence electrons. The van der Waals surface area contributed by atoms with E-state index < -0.39 is 17.9 Å². The number of carboxylic acids is 1. The van der Waals surface area contributed by atoms with Gasteiger partial charge in [-0.25, -0.2) is 4.79 Å². The summed E-state index contributed by atoms with van der Waals surface area (Å²) >= 11 is 0. The Morgan fingerprint density at radius 2 is 1.95 bits per heavy atom. The summed E-state index contributed by atoms with van der Waals surface area (Å²) in [4.78, 5) is 27.0. The van der Waals surface area contributed by atoms with E-state index in [1.807, 2.05) is 0 Å². The monoisotopic (exact) mass is 302 g/mol. The van der Waals surface area contributed by atoms with Crippen LogP contribution in [0.3, 0.4) is 0 Å². The van der Waals surface area contributed by atoms with E-state index in [1.165, 1.54) is 36.7 Å². The van der Waals surface area contributed by atoms with Crippen molar-refractivity contribution in [2.24, 2.45) is 0 Å². The van der Waals surface area contributed by atoms with Gasteiger partial charge in [-0.05, 0) is 29.8 Å². The quantitative estimate of drug-likeness (QED) is 0.610. The molecule has 2 aromatic rings. The number of pyridine rings is 1. The number of aromatic nitrogens is 1. The summed E-state index contributed by atoms with van der Waals surface area (Å²) in [6, 6.07) is 5.91. The maximum Gasteiger partial charge on any atom is 0.326 e. The summed E-state index contributed by atoms with van der Waals surface area (Å²) in [5, 5.41) is 30.3. The fraction of sp³-hybridized carbons (Fsp3) is 0.133. The number of rotatable bonds is 5. The Balaban J connectivity index is 2.12. The van der Waals surface area contributed by atoms with Crippen molar-refractivity contribution in [3.63, 3.8) is 0 Å². The Kier molecular flexibility index (Phi) is 4.57. The lowest BCUT2D eigenvalue weighted by Crippen LogP contribution is -2.42. The molecule has 4 N–H and O–H groups in total. The molecule has 0 saturated heterocycles. The van der Waals surface area contributed by atoms with Gasteiger partial charge in [0.15, 0.2) is 11.5 Å². The van der Waals surface area contributed by atoms with Gasteiger partial charge in [0.05, 0.1) is 5.56 Å². The smallest absolute Gasteiger partial charge is 0.326 e. The molecule has 0 aliphatic rings. The van der Waals surface area contributed by atoms with Gasteiger partial charge in [0.2, 0.25) is 0 Å². The minimum Gasteiger partial charge on any atom is -0.504 e. The molecule has 0 saturated carbocycles.